The van der Waals surface area contributed by atoms with Crippen LogP contribution in [0.3, 0.4) is 0 Å². The Hall–Kier alpha value is -3.14. The number of aromatic nitrogens is 3. The zero-order chi connectivity index (χ0) is 16.5. The average molecular weight is 315 g/mol. The zero-order valence-electron chi connectivity index (χ0n) is 13.3. The molecule has 24 heavy (non-hydrogen) atoms. The number of aromatic hydroxyl groups is 1. The summed E-state index contributed by atoms with van der Waals surface area (Å²) in [6, 6.07) is 21.6. The number of para-hydroxylation sites is 1. The van der Waals surface area contributed by atoms with Crippen molar-refractivity contribution < 1.29 is 5.11 Å². The molecule has 0 saturated heterocycles. The fourth-order valence-corrected chi connectivity index (χ4v) is 2.87. The number of hydrogen-bond donors (Lipinski definition) is 1. The Morgan fingerprint density at radius 3 is 2.58 bits per heavy atom. The Labute approximate surface area is 140 Å². The van der Waals surface area contributed by atoms with E-state index in [0.717, 1.165) is 28.7 Å². The van der Waals surface area contributed by atoms with Crippen LogP contribution in [0.5, 0.6) is 5.75 Å². The van der Waals surface area contributed by atoms with E-state index >= 15 is 0 Å². The van der Waals surface area contributed by atoms with Gasteiger partial charge in [-0.1, -0.05) is 35.5 Å². The van der Waals surface area contributed by atoms with Crippen LogP contribution in [0, 0.1) is 6.92 Å². The standard InChI is InChI=1S/C20H17N3O/c1-14-6-9-17(23-20-5-3-2-4-19(20)21-22-23)13-16(14)12-15-7-10-18(24)11-8-15/h2-11,13,24H,12H2,1H3. The van der Waals surface area contributed by atoms with Crippen LogP contribution < -0.4 is 0 Å². The summed E-state index contributed by atoms with van der Waals surface area (Å²) in [5, 5.41) is 17.9. The first-order chi connectivity index (χ1) is 11.7. The average Bonchev–Trinajstić information content (AvgIpc) is 3.03. The summed E-state index contributed by atoms with van der Waals surface area (Å²) in [4.78, 5) is 0. The van der Waals surface area contributed by atoms with Gasteiger partial charge in [0, 0.05) is 0 Å². The van der Waals surface area contributed by atoms with Crippen LogP contribution in [0.4, 0.5) is 0 Å². The van der Waals surface area contributed by atoms with Gasteiger partial charge in [-0.25, -0.2) is 4.68 Å². The Balaban J connectivity index is 1.74. The molecule has 1 N–H and O–H groups in total. The lowest BCUT2D eigenvalue weighted by Crippen LogP contribution is -2.00. The first-order valence-corrected chi connectivity index (χ1v) is 7.89. The third-order valence-electron chi connectivity index (χ3n) is 4.26. The number of hydrogen-bond acceptors (Lipinski definition) is 3. The lowest BCUT2D eigenvalue weighted by Gasteiger charge is -2.10. The van der Waals surface area contributed by atoms with Crippen LogP contribution in [0.2, 0.25) is 0 Å². The van der Waals surface area contributed by atoms with Gasteiger partial charge in [0.05, 0.1) is 11.2 Å². The van der Waals surface area contributed by atoms with Gasteiger partial charge >= 0.3 is 0 Å². The van der Waals surface area contributed by atoms with E-state index in [1.54, 1.807) is 12.1 Å². The van der Waals surface area contributed by atoms with Crippen LogP contribution >= 0.6 is 0 Å². The molecule has 3 aromatic carbocycles. The predicted molar refractivity (Wildman–Crippen MR) is 94.5 cm³/mol. The fourth-order valence-electron chi connectivity index (χ4n) is 2.87. The highest BCUT2D eigenvalue weighted by Crippen LogP contribution is 2.21. The molecule has 118 valence electrons. The summed E-state index contributed by atoms with van der Waals surface area (Å²) in [7, 11) is 0. The molecule has 0 aliphatic rings. The second-order valence-corrected chi connectivity index (χ2v) is 5.94. The topological polar surface area (TPSA) is 50.9 Å². The Morgan fingerprint density at radius 2 is 1.75 bits per heavy atom. The van der Waals surface area contributed by atoms with Gasteiger partial charge in [0.25, 0.3) is 0 Å². The quantitative estimate of drug-likeness (QED) is 0.621. The van der Waals surface area contributed by atoms with Crippen molar-refractivity contribution in [3.05, 3.63) is 83.4 Å². The lowest BCUT2D eigenvalue weighted by atomic mass is 10.00. The molecule has 4 rings (SSSR count). The molecular weight excluding hydrogens is 298 g/mol. The molecule has 0 fully saturated rings. The maximum Gasteiger partial charge on any atom is 0.115 e. The van der Waals surface area contributed by atoms with Crippen molar-refractivity contribution in [2.75, 3.05) is 0 Å². The minimum atomic E-state index is 0.290. The number of aryl methyl sites for hydroxylation is 1. The molecule has 0 amide bonds. The van der Waals surface area contributed by atoms with Gasteiger partial charge in [-0.05, 0) is 66.4 Å². The molecule has 4 heteroatoms. The van der Waals surface area contributed by atoms with Crippen molar-refractivity contribution in [2.45, 2.75) is 13.3 Å². The lowest BCUT2D eigenvalue weighted by molar-refractivity contribution is 0.475. The molecule has 0 unspecified atom stereocenters. The van der Waals surface area contributed by atoms with E-state index in [4.69, 9.17) is 0 Å². The monoisotopic (exact) mass is 315 g/mol. The summed E-state index contributed by atoms with van der Waals surface area (Å²) >= 11 is 0. The van der Waals surface area contributed by atoms with E-state index in [-0.39, 0.29) is 0 Å². The Morgan fingerprint density at radius 1 is 0.958 bits per heavy atom. The minimum Gasteiger partial charge on any atom is -0.508 e. The number of benzene rings is 3. The van der Waals surface area contributed by atoms with Gasteiger partial charge in [-0.2, -0.15) is 0 Å². The van der Waals surface area contributed by atoms with Gasteiger partial charge in [0.1, 0.15) is 11.3 Å². The van der Waals surface area contributed by atoms with E-state index in [0.29, 0.717) is 5.75 Å². The summed E-state index contributed by atoms with van der Waals surface area (Å²) in [5.74, 6) is 0.290. The third kappa shape index (κ3) is 2.63. The number of nitrogens with zero attached hydrogens (tertiary/aromatic N) is 3. The van der Waals surface area contributed by atoms with Crippen molar-refractivity contribution >= 4 is 11.0 Å². The first-order valence-electron chi connectivity index (χ1n) is 7.89. The molecule has 1 aromatic heterocycles. The number of phenolic OH excluding ortho intramolecular Hbond substituents is 1. The van der Waals surface area contributed by atoms with Gasteiger partial charge in [-0.15, -0.1) is 5.10 Å². The van der Waals surface area contributed by atoms with Crippen molar-refractivity contribution in [3.8, 4) is 11.4 Å². The van der Waals surface area contributed by atoms with Crippen LogP contribution in [0.1, 0.15) is 16.7 Å². The molecule has 0 aliphatic carbocycles. The van der Waals surface area contributed by atoms with E-state index < -0.39 is 0 Å². The second kappa shape index (κ2) is 5.81. The summed E-state index contributed by atoms with van der Waals surface area (Å²) < 4.78 is 1.87. The number of fused-ring (bicyclic) bond motifs is 1. The molecule has 4 aromatic rings. The van der Waals surface area contributed by atoms with Gasteiger partial charge in [-0.3, -0.25) is 0 Å². The van der Waals surface area contributed by atoms with Crippen LogP contribution in [0.25, 0.3) is 16.7 Å². The first kappa shape index (κ1) is 14.5. The SMILES string of the molecule is Cc1ccc(-n2nnc3ccccc32)cc1Cc1ccc(O)cc1. The van der Waals surface area contributed by atoms with Gasteiger partial charge < -0.3 is 5.11 Å². The van der Waals surface area contributed by atoms with Gasteiger partial charge in [0.15, 0.2) is 0 Å². The molecule has 4 nitrogen and oxygen atoms in total. The highest BCUT2D eigenvalue weighted by molar-refractivity contribution is 5.75. The highest BCUT2D eigenvalue weighted by atomic mass is 16.3. The van der Waals surface area contributed by atoms with Crippen LogP contribution in [-0.2, 0) is 6.42 Å². The van der Waals surface area contributed by atoms with Crippen molar-refractivity contribution in [1.82, 2.24) is 15.0 Å². The smallest absolute Gasteiger partial charge is 0.115 e. The Kier molecular flexibility index (Phi) is 3.50. The zero-order valence-corrected chi connectivity index (χ0v) is 13.3. The maximum absolute atomic E-state index is 9.43. The van der Waals surface area contributed by atoms with Crippen molar-refractivity contribution in [1.29, 1.82) is 0 Å². The minimum absolute atomic E-state index is 0.290. The van der Waals surface area contributed by atoms with E-state index in [9.17, 15) is 5.11 Å². The molecule has 0 bridgehead atoms. The summed E-state index contributed by atoms with van der Waals surface area (Å²) in [6.45, 7) is 2.11. The van der Waals surface area contributed by atoms with Crippen LogP contribution in [-0.4, -0.2) is 20.1 Å². The van der Waals surface area contributed by atoms with Crippen LogP contribution in [0.15, 0.2) is 66.7 Å². The second-order valence-electron chi connectivity index (χ2n) is 5.94. The van der Waals surface area contributed by atoms with Crippen molar-refractivity contribution in [3.63, 3.8) is 0 Å². The Bertz CT molecular complexity index is 1000. The van der Waals surface area contributed by atoms with E-state index in [1.807, 2.05) is 41.1 Å². The van der Waals surface area contributed by atoms with E-state index in [2.05, 4.69) is 35.4 Å². The molecule has 1 heterocycles. The number of rotatable bonds is 3. The molecular formula is C20H17N3O. The van der Waals surface area contributed by atoms with E-state index in [1.165, 1.54) is 11.1 Å². The predicted octanol–water partition coefficient (Wildman–Crippen LogP) is 4.03. The normalized spacial score (nSPS) is 11.0. The highest BCUT2D eigenvalue weighted by Gasteiger charge is 2.08. The molecule has 0 radical (unpaired) electrons. The molecule has 0 atom stereocenters. The fraction of sp³-hybridized carbons (Fsp3) is 0.100. The molecule has 0 spiro atoms. The third-order valence-corrected chi connectivity index (χ3v) is 4.26. The largest absolute Gasteiger partial charge is 0.508 e. The maximum atomic E-state index is 9.43. The summed E-state index contributed by atoms with van der Waals surface area (Å²) in [5.41, 5.74) is 6.52. The summed E-state index contributed by atoms with van der Waals surface area (Å²) in [6.07, 6.45) is 0.812. The molecule has 0 saturated carbocycles. The van der Waals surface area contributed by atoms with Gasteiger partial charge in [0.2, 0.25) is 0 Å². The van der Waals surface area contributed by atoms with Crippen molar-refractivity contribution in [2.24, 2.45) is 0 Å². The number of phenols is 1. The molecule has 0 aliphatic heterocycles.